The van der Waals surface area contributed by atoms with Gasteiger partial charge in [0.2, 0.25) is 17.7 Å². The zero-order valence-corrected chi connectivity index (χ0v) is 15.2. The van der Waals surface area contributed by atoms with Crippen LogP contribution >= 0.6 is 0 Å². The summed E-state index contributed by atoms with van der Waals surface area (Å²) in [5, 5.41) is 2.70. The number of anilines is 1. The Balaban J connectivity index is 1.74. The zero-order chi connectivity index (χ0) is 19.4. The van der Waals surface area contributed by atoms with Gasteiger partial charge >= 0.3 is 0 Å². The highest BCUT2D eigenvalue weighted by molar-refractivity contribution is 6.01. The first kappa shape index (κ1) is 18.6. The molecule has 0 spiro atoms. The Kier molecular flexibility index (Phi) is 5.54. The third-order valence-electron chi connectivity index (χ3n) is 4.86. The predicted molar refractivity (Wildman–Crippen MR) is 103 cm³/mol. The molecule has 0 aromatic heterocycles. The molecule has 0 aliphatic carbocycles. The van der Waals surface area contributed by atoms with Crippen LogP contribution in [0.2, 0.25) is 0 Å². The fourth-order valence-electron chi connectivity index (χ4n) is 3.41. The summed E-state index contributed by atoms with van der Waals surface area (Å²) >= 11 is 0. The average Bonchev–Trinajstić information content (AvgIpc) is 3.08. The van der Waals surface area contributed by atoms with Gasteiger partial charge in [-0.25, -0.2) is 0 Å². The van der Waals surface area contributed by atoms with Gasteiger partial charge < -0.3 is 16.0 Å². The second-order valence-electron chi connectivity index (χ2n) is 6.64. The van der Waals surface area contributed by atoms with E-state index < -0.39 is 17.9 Å². The number of aryl methyl sites for hydroxylation is 1. The fraction of sp³-hybridized carbons (Fsp3) is 0.286. The van der Waals surface area contributed by atoms with E-state index in [9.17, 15) is 14.4 Å². The molecule has 2 aromatic carbocycles. The lowest BCUT2D eigenvalue weighted by Gasteiger charge is -2.21. The topological polar surface area (TPSA) is 92.5 Å². The number of amides is 3. The van der Waals surface area contributed by atoms with Gasteiger partial charge in [0.25, 0.3) is 0 Å². The zero-order valence-electron chi connectivity index (χ0n) is 15.2. The molecule has 0 bridgehead atoms. The second kappa shape index (κ2) is 8.03. The fourth-order valence-corrected chi connectivity index (χ4v) is 3.41. The van der Waals surface area contributed by atoms with Crippen molar-refractivity contribution < 1.29 is 14.4 Å². The van der Waals surface area contributed by atoms with Gasteiger partial charge in [-0.1, -0.05) is 55.5 Å². The number of carbonyl (C=O) groups excluding carboxylic acids is 3. The maximum absolute atomic E-state index is 12.7. The largest absolute Gasteiger partial charge is 0.368 e. The highest BCUT2D eigenvalue weighted by atomic mass is 16.2. The Morgan fingerprint density at radius 3 is 2.48 bits per heavy atom. The van der Waals surface area contributed by atoms with Crippen molar-refractivity contribution >= 4 is 23.4 Å². The molecule has 1 aliphatic rings. The predicted octanol–water partition coefficient (Wildman–Crippen LogP) is 1.94. The molecule has 0 saturated carbocycles. The van der Waals surface area contributed by atoms with Crippen LogP contribution in [-0.2, 0) is 20.8 Å². The van der Waals surface area contributed by atoms with Gasteiger partial charge in [0.15, 0.2) is 0 Å². The summed E-state index contributed by atoms with van der Waals surface area (Å²) in [6.45, 7) is 2.32. The van der Waals surface area contributed by atoms with Crippen LogP contribution in [0.1, 0.15) is 30.5 Å². The van der Waals surface area contributed by atoms with Gasteiger partial charge in [0.05, 0.1) is 5.92 Å². The molecule has 1 saturated heterocycles. The average molecular weight is 365 g/mol. The van der Waals surface area contributed by atoms with Gasteiger partial charge in [-0.2, -0.15) is 0 Å². The van der Waals surface area contributed by atoms with E-state index >= 15 is 0 Å². The van der Waals surface area contributed by atoms with Crippen molar-refractivity contribution in [2.75, 3.05) is 11.4 Å². The Labute approximate surface area is 158 Å². The Morgan fingerprint density at radius 1 is 1.15 bits per heavy atom. The van der Waals surface area contributed by atoms with Crippen LogP contribution < -0.4 is 16.0 Å². The van der Waals surface area contributed by atoms with E-state index in [-0.39, 0.29) is 18.2 Å². The smallest absolute Gasteiger partial charge is 0.244 e. The molecule has 3 N–H and O–H groups in total. The second-order valence-corrected chi connectivity index (χ2v) is 6.64. The number of rotatable bonds is 6. The van der Waals surface area contributed by atoms with Crippen molar-refractivity contribution in [3.8, 4) is 0 Å². The van der Waals surface area contributed by atoms with Crippen molar-refractivity contribution in [3.63, 3.8) is 0 Å². The number of benzene rings is 2. The molecular weight excluding hydrogens is 342 g/mol. The van der Waals surface area contributed by atoms with Crippen molar-refractivity contribution in [1.29, 1.82) is 0 Å². The van der Waals surface area contributed by atoms with Gasteiger partial charge in [-0.05, 0) is 23.6 Å². The van der Waals surface area contributed by atoms with E-state index in [1.165, 1.54) is 0 Å². The summed E-state index contributed by atoms with van der Waals surface area (Å²) in [6.07, 6.45) is 0.915. The summed E-state index contributed by atoms with van der Waals surface area (Å²) < 4.78 is 0. The van der Waals surface area contributed by atoms with E-state index in [1.807, 2.05) is 37.3 Å². The molecule has 1 aliphatic heterocycles. The van der Waals surface area contributed by atoms with Crippen molar-refractivity contribution in [1.82, 2.24) is 5.32 Å². The van der Waals surface area contributed by atoms with Crippen molar-refractivity contribution in [2.45, 2.75) is 25.8 Å². The monoisotopic (exact) mass is 365 g/mol. The minimum absolute atomic E-state index is 0.0913. The van der Waals surface area contributed by atoms with Crippen LogP contribution in [0.15, 0.2) is 54.6 Å². The standard InChI is InChI=1S/C21H23N3O3/c1-2-14-8-6-7-11-17(14)24-13-16(12-18(24)25)21(27)23-19(20(22)26)15-9-4-3-5-10-15/h3-11,16,19H,2,12-13H2,1H3,(H2,22,26)(H,23,27). The first-order valence-corrected chi connectivity index (χ1v) is 9.04. The SMILES string of the molecule is CCc1ccccc1N1CC(C(=O)NC(C(N)=O)c2ccccc2)CC1=O. The number of nitrogens with one attached hydrogen (secondary N) is 1. The minimum Gasteiger partial charge on any atom is -0.368 e. The van der Waals surface area contributed by atoms with Crippen molar-refractivity contribution in [2.24, 2.45) is 11.7 Å². The summed E-state index contributed by atoms with van der Waals surface area (Å²) in [7, 11) is 0. The molecule has 3 rings (SSSR count). The molecule has 1 heterocycles. The van der Waals surface area contributed by atoms with Gasteiger partial charge in [0.1, 0.15) is 6.04 Å². The third-order valence-corrected chi connectivity index (χ3v) is 4.86. The van der Waals surface area contributed by atoms with Crippen LogP contribution in [0, 0.1) is 5.92 Å². The summed E-state index contributed by atoms with van der Waals surface area (Å²) in [5.41, 5.74) is 7.99. The molecule has 3 amide bonds. The van der Waals surface area contributed by atoms with Crippen LogP contribution in [0.5, 0.6) is 0 Å². The Hall–Kier alpha value is -3.15. The quantitative estimate of drug-likeness (QED) is 0.819. The third kappa shape index (κ3) is 4.00. The maximum Gasteiger partial charge on any atom is 0.244 e. The lowest BCUT2D eigenvalue weighted by atomic mass is 10.0. The lowest BCUT2D eigenvalue weighted by Crippen LogP contribution is -2.41. The molecule has 6 nitrogen and oxygen atoms in total. The minimum atomic E-state index is -0.911. The highest BCUT2D eigenvalue weighted by Gasteiger charge is 2.37. The first-order valence-electron chi connectivity index (χ1n) is 9.04. The molecular formula is C21H23N3O3. The normalized spacial score (nSPS) is 17.6. The molecule has 140 valence electrons. The number of para-hydroxylation sites is 1. The molecule has 0 radical (unpaired) electrons. The first-order chi connectivity index (χ1) is 13.0. The highest BCUT2D eigenvalue weighted by Crippen LogP contribution is 2.29. The number of nitrogens with two attached hydrogens (primary N) is 1. The number of nitrogens with zero attached hydrogens (tertiary/aromatic N) is 1. The van der Waals surface area contributed by atoms with E-state index in [0.717, 1.165) is 17.7 Å². The Morgan fingerprint density at radius 2 is 1.81 bits per heavy atom. The van der Waals surface area contributed by atoms with Crippen LogP contribution in [0.3, 0.4) is 0 Å². The number of primary amides is 1. The van der Waals surface area contributed by atoms with Crippen LogP contribution in [0.25, 0.3) is 0 Å². The van der Waals surface area contributed by atoms with Crippen LogP contribution in [0.4, 0.5) is 5.69 Å². The van der Waals surface area contributed by atoms with E-state index in [0.29, 0.717) is 12.1 Å². The number of hydrogen-bond donors (Lipinski definition) is 2. The van der Waals surface area contributed by atoms with Gasteiger partial charge in [-0.3, -0.25) is 14.4 Å². The molecule has 27 heavy (non-hydrogen) atoms. The molecule has 2 aromatic rings. The summed E-state index contributed by atoms with van der Waals surface area (Å²) in [6, 6.07) is 15.6. The number of hydrogen-bond acceptors (Lipinski definition) is 3. The molecule has 1 fully saturated rings. The van der Waals surface area contributed by atoms with Gasteiger partial charge in [-0.15, -0.1) is 0 Å². The van der Waals surface area contributed by atoms with Gasteiger partial charge in [0, 0.05) is 18.7 Å². The number of carbonyl (C=O) groups is 3. The maximum atomic E-state index is 12.7. The van der Waals surface area contributed by atoms with Crippen LogP contribution in [-0.4, -0.2) is 24.3 Å². The molecule has 2 unspecified atom stereocenters. The van der Waals surface area contributed by atoms with E-state index in [2.05, 4.69) is 5.32 Å². The summed E-state index contributed by atoms with van der Waals surface area (Å²) in [5.74, 6) is -1.58. The Bertz CT molecular complexity index is 851. The molecule has 2 atom stereocenters. The lowest BCUT2D eigenvalue weighted by molar-refractivity contribution is -0.130. The van der Waals surface area contributed by atoms with Crippen molar-refractivity contribution in [3.05, 3.63) is 65.7 Å². The van der Waals surface area contributed by atoms with E-state index in [4.69, 9.17) is 5.73 Å². The molecule has 6 heteroatoms. The van der Waals surface area contributed by atoms with E-state index in [1.54, 1.807) is 29.2 Å². The summed E-state index contributed by atoms with van der Waals surface area (Å²) in [4.78, 5) is 38.7.